The number of H-pyrrole nitrogens is 1. The number of aromatic amines is 1. The number of aromatic nitrogens is 10. The van der Waals surface area contributed by atoms with Gasteiger partial charge >= 0.3 is 0 Å². The Morgan fingerprint density at radius 1 is 0.676 bits per heavy atom. The van der Waals surface area contributed by atoms with Crippen molar-refractivity contribution in [2.24, 2.45) is 14.1 Å². The molecule has 8 aromatic heterocycles. The first-order valence-corrected chi connectivity index (χ1v) is 27.5. The fraction of sp³-hybridized carbons (Fsp3) is 0.385. The monoisotopic (exact) mass is 932 g/mol. The Bertz CT molecular complexity index is 3450. The Kier molecular flexibility index (Phi) is 11.6. The van der Waals surface area contributed by atoms with E-state index < -0.39 is 8.07 Å². The Morgan fingerprint density at radius 2 is 1.25 bits per heavy atom. The maximum atomic E-state index is 6.31. The second-order valence-corrected chi connectivity index (χ2v) is 25.2. The van der Waals surface area contributed by atoms with E-state index in [9.17, 15) is 0 Å². The Balaban J connectivity index is 0.000000153. The standard InChI is InChI=1S/C29H37N5O3Si.C23H23N5O2/c1-32-17-24(23-13-22(35-2)8-9-25(23)32)26-14-27-29(33(26)19-37-11-12-38(3,4)5)31-16-21-15-30-28(34(21)27)20-7-6-10-36-18-20;1-27-12-18(17-8-16(29-2)5-6-20(17)27)19-9-21-22(26-19)24-10-15-11-25-23(28(15)21)14-4-3-7-30-13-14/h8-9,13-17,20H,6-7,10-12,18-19H2,1-5H3;5-6,8-12,14,26H,3-4,7,13H2,1-2H3. The molecule has 10 aromatic rings. The molecule has 2 atom stereocenters. The van der Waals surface area contributed by atoms with Crippen molar-refractivity contribution in [1.82, 2.24) is 47.4 Å². The molecule has 10 heterocycles. The molecule has 0 radical (unpaired) electrons. The van der Waals surface area contributed by atoms with Crippen LogP contribution in [0.15, 0.2) is 85.7 Å². The highest BCUT2D eigenvalue weighted by atomic mass is 28.3. The molecule has 2 fully saturated rings. The highest BCUT2D eigenvalue weighted by molar-refractivity contribution is 6.76. The minimum Gasteiger partial charge on any atom is -0.497 e. The summed E-state index contributed by atoms with van der Waals surface area (Å²) in [6.45, 7) is 11.4. The highest BCUT2D eigenvalue weighted by Gasteiger charge is 2.26. The molecular formula is C52H60N10O5Si. The summed E-state index contributed by atoms with van der Waals surface area (Å²) in [6, 6.07) is 18.0. The zero-order valence-corrected chi connectivity index (χ0v) is 41.1. The van der Waals surface area contributed by atoms with Gasteiger partial charge in [0.05, 0.1) is 85.7 Å². The van der Waals surface area contributed by atoms with Gasteiger partial charge in [0.25, 0.3) is 0 Å². The molecule has 352 valence electrons. The summed E-state index contributed by atoms with van der Waals surface area (Å²) in [5.41, 5.74) is 12.5. The van der Waals surface area contributed by atoms with E-state index in [2.05, 4.69) is 115 Å². The van der Waals surface area contributed by atoms with E-state index >= 15 is 0 Å². The minimum atomic E-state index is -1.20. The lowest BCUT2D eigenvalue weighted by atomic mass is 10.0. The molecule has 0 spiro atoms. The van der Waals surface area contributed by atoms with E-state index in [1.165, 1.54) is 0 Å². The van der Waals surface area contributed by atoms with Crippen molar-refractivity contribution in [2.75, 3.05) is 47.3 Å². The van der Waals surface area contributed by atoms with E-state index in [-0.39, 0.29) is 5.92 Å². The summed E-state index contributed by atoms with van der Waals surface area (Å²) in [5.74, 6) is 4.39. The fourth-order valence-corrected chi connectivity index (χ4v) is 10.9. The number of fused-ring (bicyclic) bond motifs is 8. The third-order valence-corrected chi connectivity index (χ3v) is 15.5. The molecule has 2 aliphatic rings. The molecular weight excluding hydrogens is 873 g/mol. The number of ether oxygens (including phenoxy) is 5. The predicted molar refractivity (Wildman–Crippen MR) is 270 cm³/mol. The molecule has 2 aliphatic heterocycles. The van der Waals surface area contributed by atoms with E-state index in [0.29, 0.717) is 19.3 Å². The molecule has 0 bridgehead atoms. The van der Waals surface area contributed by atoms with Gasteiger partial charge < -0.3 is 37.8 Å². The molecule has 12 rings (SSSR count). The number of hydrogen-bond acceptors (Lipinski definition) is 9. The number of aryl methyl sites for hydroxylation is 2. The second-order valence-electron chi connectivity index (χ2n) is 19.6. The van der Waals surface area contributed by atoms with E-state index in [1.54, 1.807) is 14.2 Å². The van der Waals surface area contributed by atoms with Crippen LogP contribution in [0.4, 0.5) is 0 Å². The lowest BCUT2D eigenvalue weighted by molar-refractivity contribution is 0.0779. The smallest absolute Gasteiger partial charge is 0.159 e. The number of imidazole rings is 2. The highest BCUT2D eigenvalue weighted by Crippen LogP contribution is 2.38. The predicted octanol–water partition coefficient (Wildman–Crippen LogP) is 10.3. The van der Waals surface area contributed by atoms with E-state index in [1.807, 2.05) is 36.9 Å². The number of benzene rings is 2. The molecule has 2 unspecified atom stereocenters. The molecule has 1 N–H and O–H groups in total. The van der Waals surface area contributed by atoms with Crippen molar-refractivity contribution in [3.8, 4) is 34.0 Å². The summed E-state index contributed by atoms with van der Waals surface area (Å²) in [4.78, 5) is 22.7. The minimum absolute atomic E-state index is 0.276. The van der Waals surface area contributed by atoms with Gasteiger partial charge in [0.15, 0.2) is 11.3 Å². The second kappa shape index (κ2) is 17.9. The van der Waals surface area contributed by atoms with Crippen molar-refractivity contribution in [3.63, 3.8) is 0 Å². The number of methoxy groups -OCH3 is 2. The topological polar surface area (TPSA) is 137 Å². The maximum Gasteiger partial charge on any atom is 0.159 e. The fourth-order valence-electron chi connectivity index (χ4n) is 10.2. The number of nitrogens with one attached hydrogen (secondary N) is 1. The van der Waals surface area contributed by atoms with Crippen molar-refractivity contribution in [2.45, 2.75) is 69.9 Å². The van der Waals surface area contributed by atoms with Crippen LogP contribution in [0.25, 0.3) is 77.7 Å². The van der Waals surface area contributed by atoms with Gasteiger partial charge in [0.2, 0.25) is 0 Å². The van der Waals surface area contributed by atoms with Gasteiger partial charge in [-0.05, 0) is 80.3 Å². The average molecular weight is 933 g/mol. The van der Waals surface area contributed by atoms with Gasteiger partial charge in [-0.2, -0.15) is 0 Å². The lowest BCUT2D eigenvalue weighted by Gasteiger charge is -2.21. The first kappa shape index (κ1) is 44.1. The van der Waals surface area contributed by atoms with Crippen LogP contribution < -0.4 is 9.47 Å². The molecule has 15 nitrogen and oxygen atoms in total. The third kappa shape index (κ3) is 8.02. The number of nitrogens with zero attached hydrogens (tertiary/aromatic N) is 9. The van der Waals surface area contributed by atoms with Crippen LogP contribution in [-0.4, -0.2) is 103 Å². The van der Waals surface area contributed by atoms with Crippen molar-refractivity contribution < 1.29 is 23.7 Å². The van der Waals surface area contributed by atoms with Crippen LogP contribution in [0.2, 0.25) is 25.7 Å². The number of rotatable bonds is 11. The SMILES string of the molecule is COc1ccc2c(c1)c(-c1cc3c(ncc4cnc(C5CCCOC5)n43)[nH]1)cn2C.COc1ccc2c(c1)c(-c1cc3c(ncc4cnc(C5CCCOC5)n43)n1COCC[Si](C)(C)C)cn2C. The summed E-state index contributed by atoms with van der Waals surface area (Å²) in [7, 11) is 6.36. The Hall–Kier alpha value is -6.46. The summed E-state index contributed by atoms with van der Waals surface area (Å²) >= 11 is 0. The van der Waals surface area contributed by atoms with Crippen molar-refractivity contribution in [1.29, 1.82) is 0 Å². The average Bonchev–Trinajstić information content (AvgIpc) is 4.23. The first-order valence-electron chi connectivity index (χ1n) is 23.8. The van der Waals surface area contributed by atoms with E-state index in [0.717, 1.165) is 159 Å². The quantitative estimate of drug-likeness (QED) is 0.0993. The molecule has 0 aliphatic carbocycles. The van der Waals surface area contributed by atoms with Gasteiger partial charge in [-0.3, -0.25) is 13.4 Å². The van der Waals surface area contributed by atoms with Crippen molar-refractivity contribution in [3.05, 3.63) is 97.4 Å². The van der Waals surface area contributed by atoms with Crippen LogP contribution in [0.1, 0.15) is 49.2 Å². The normalized spacial score (nSPS) is 17.0. The van der Waals surface area contributed by atoms with Crippen LogP contribution >= 0.6 is 0 Å². The Morgan fingerprint density at radius 3 is 1.84 bits per heavy atom. The molecule has 0 saturated carbocycles. The largest absolute Gasteiger partial charge is 0.497 e. The molecule has 2 aromatic carbocycles. The van der Waals surface area contributed by atoms with Crippen LogP contribution in [0, 0.1) is 0 Å². The first-order chi connectivity index (χ1) is 33.1. The zero-order valence-electron chi connectivity index (χ0n) is 40.1. The summed E-state index contributed by atoms with van der Waals surface area (Å²) in [6.07, 6.45) is 16.3. The third-order valence-electron chi connectivity index (χ3n) is 13.8. The van der Waals surface area contributed by atoms with Crippen LogP contribution in [0.5, 0.6) is 11.5 Å². The van der Waals surface area contributed by atoms with E-state index in [4.69, 9.17) is 38.6 Å². The van der Waals surface area contributed by atoms with Gasteiger partial charge in [-0.25, -0.2) is 19.9 Å². The van der Waals surface area contributed by atoms with Gasteiger partial charge in [-0.15, -0.1) is 0 Å². The summed E-state index contributed by atoms with van der Waals surface area (Å²) in [5, 5.41) is 2.28. The van der Waals surface area contributed by atoms with Gasteiger partial charge in [0, 0.05) is 99.2 Å². The molecule has 2 saturated heterocycles. The lowest BCUT2D eigenvalue weighted by Crippen LogP contribution is -2.22. The number of hydrogen-bond donors (Lipinski definition) is 1. The van der Waals surface area contributed by atoms with Crippen molar-refractivity contribution >= 4 is 63.2 Å². The van der Waals surface area contributed by atoms with Crippen LogP contribution in [0.3, 0.4) is 0 Å². The van der Waals surface area contributed by atoms with Crippen LogP contribution in [-0.2, 0) is 35.0 Å². The maximum absolute atomic E-state index is 6.31. The molecule has 68 heavy (non-hydrogen) atoms. The Labute approximate surface area is 395 Å². The molecule has 0 amide bonds. The summed E-state index contributed by atoms with van der Waals surface area (Å²) < 4.78 is 39.9. The van der Waals surface area contributed by atoms with Gasteiger partial charge in [-0.1, -0.05) is 19.6 Å². The van der Waals surface area contributed by atoms with Gasteiger partial charge in [0.1, 0.15) is 29.9 Å². The zero-order chi connectivity index (χ0) is 46.7. The molecule has 16 heteroatoms.